The molecular weight excluding hydrogens is 536 g/mol. The second-order valence-corrected chi connectivity index (χ2v) is 10.2. The van der Waals surface area contributed by atoms with E-state index < -0.39 is 6.04 Å². The highest BCUT2D eigenvalue weighted by molar-refractivity contribution is 6.30. The number of ether oxygens (including phenoxy) is 2. The first-order valence-electron chi connectivity index (χ1n) is 13.6. The van der Waals surface area contributed by atoms with Crippen molar-refractivity contribution in [1.82, 2.24) is 10.2 Å². The maximum absolute atomic E-state index is 13.9. The molecule has 0 aliphatic rings. The Bertz CT molecular complexity index is 1410. The molecule has 0 aromatic heterocycles. The molecule has 0 bridgehead atoms. The lowest BCUT2D eigenvalue weighted by molar-refractivity contribution is -0.140. The lowest BCUT2D eigenvalue weighted by atomic mass is 10.0. The van der Waals surface area contributed by atoms with E-state index in [2.05, 4.69) is 5.32 Å². The summed E-state index contributed by atoms with van der Waals surface area (Å²) in [5.74, 6) is 0.959. The summed E-state index contributed by atoms with van der Waals surface area (Å²) in [7, 11) is 3.19. The van der Waals surface area contributed by atoms with Gasteiger partial charge in [-0.3, -0.25) is 9.59 Å². The van der Waals surface area contributed by atoms with Gasteiger partial charge in [-0.1, -0.05) is 90.5 Å². The Morgan fingerprint density at radius 3 is 2.00 bits per heavy atom. The van der Waals surface area contributed by atoms with Crippen molar-refractivity contribution >= 4 is 23.4 Å². The molecule has 0 aliphatic heterocycles. The van der Waals surface area contributed by atoms with Crippen LogP contribution >= 0.6 is 11.6 Å². The first-order chi connectivity index (χ1) is 20.0. The van der Waals surface area contributed by atoms with Gasteiger partial charge in [0.2, 0.25) is 11.8 Å². The van der Waals surface area contributed by atoms with E-state index in [1.807, 2.05) is 91.0 Å². The van der Waals surface area contributed by atoms with Crippen LogP contribution in [0.2, 0.25) is 5.02 Å². The second kappa shape index (κ2) is 14.9. The molecular formula is C34H35ClN2O4. The average Bonchev–Trinajstić information content (AvgIpc) is 3.00. The summed E-state index contributed by atoms with van der Waals surface area (Å²) < 4.78 is 10.7. The van der Waals surface area contributed by atoms with Crippen LogP contribution in [0.25, 0.3) is 0 Å². The summed E-state index contributed by atoms with van der Waals surface area (Å²) in [5, 5.41) is 3.70. The Hall–Kier alpha value is -4.29. The van der Waals surface area contributed by atoms with E-state index in [0.29, 0.717) is 42.5 Å². The number of amides is 2. The fourth-order valence-corrected chi connectivity index (χ4v) is 4.82. The zero-order valence-corrected chi connectivity index (χ0v) is 24.1. The molecule has 0 aliphatic carbocycles. The van der Waals surface area contributed by atoms with Crippen molar-refractivity contribution in [3.8, 4) is 11.5 Å². The van der Waals surface area contributed by atoms with Crippen LogP contribution in [0.4, 0.5) is 0 Å². The third-order valence-electron chi connectivity index (χ3n) is 6.90. The summed E-state index contributed by atoms with van der Waals surface area (Å²) in [6.07, 6.45) is 1.15. The highest BCUT2D eigenvalue weighted by Crippen LogP contribution is 2.27. The molecule has 1 N–H and O–H groups in total. The predicted octanol–water partition coefficient (Wildman–Crippen LogP) is 5.90. The molecule has 41 heavy (non-hydrogen) atoms. The van der Waals surface area contributed by atoms with E-state index in [1.54, 1.807) is 31.3 Å². The van der Waals surface area contributed by atoms with Gasteiger partial charge in [-0.15, -0.1) is 0 Å². The quantitative estimate of drug-likeness (QED) is 0.217. The minimum absolute atomic E-state index is 0.132. The van der Waals surface area contributed by atoms with E-state index in [0.717, 1.165) is 22.3 Å². The number of halogens is 1. The van der Waals surface area contributed by atoms with Gasteiger partial charge >= 0.3 is 0 Å². The summed E-state index contributed by atoms with van der Waals surface area (Å²) >= 11 is 6.06. The number of rotatable bonds is 13. The summed E-state index contributed by atoms with van der Waals surface area (Å²) in [4.78, 5) is 29.4. The van der Waals surface area contributed by atoms with E-state index >= 15 is 0 Å². The van der Waals surface area contributed by atoms with Gasteiger partial charge in [-0.25, -0.2) is 0 Å². The van der Waals surface area contributed by atoms with Crippen LogP contribution in [0, 0.1) is 0 Å². The molecule has 7 heteroatoms. The van der Waals surface area contributed by atoms with E-state index in [9.17, 15) is 9.59 Å². The monoisotopic (exact) mass is 570 g/mol. The molecule has 4 rings (SSSR count). The van der Waals surface area contributed by atoms with Crippen LogP contribution in [0.1, 0.15) is 22.3 Å². The number of methoxy groups -OCH3 is 2. The zero-order chi connectivity index (χ0) is 29.0. The van der Waals surface area contributed by atoms with Crippen LogP contribution in [0.3, 0.4) is 0 Å². The van der Waals surface area contributed by atoms with Gasteiger partial charge in [0, 0.05) is 24.5 Å². The van der Waals surface area contributed by atoms with Crippen LogP contribution in [-0.4, -0.2) is 43.5 Å². The van der Waals surface area contributed by atoms with Gasteiger partial charge in [0.15, 0.2) is 11.5 Å². The van der Waals surface area contributed by atoms with E-state index in [4.69, 9.17) is 21.1 Å². The van der Waals surface area contributed by atoms with Crippen LogP contribution in [0.5, 0.6) is 11.5 Å². The Kier molecular flexibility index (Phi) is 10.8. The highest BCUT2D eigenvalue weighted by atomic mass is 35.5. The minimum Gasteiger partial charge on any atom is -0.493 e. The molecule has 6 nitrogen and oxygen atoms in total. The van der Waals surface area contributed by atoms with Crippen molar-refractivity contribution in [1.29, 1.82) is 0 Å². The van der Waals surface area contributed by atoms with Crippen molar-refractivity contribution in [3.63, 3.8) is 0 Å². The number of hydrogen-bond donors (Lipinski definition) is 1. The Morgan fingerprint density at radius 2 is 1.37 bits per heavy atom. The molecule has 0 spiro atoms. The predicted molar refractivity (Wildman–Crippen MR) is 162 cm³/mol. The maximum atomic E-state index is 13.9. The molecule has 0 saturated carbocycles. The molecule has 0 radical (unpaired) electrons. The van der Waals surface area contributed by atoms with Crippen molar-refractivity contribution < 1.29 is 19.1 Å². The number of benzene rings is 4. The van der Waals surface area contributed by atoms with Gasteiger partial charge in [-0.2, -0.15) is 0 Å². The second-order valence-electron chi connectivity index (χ2n) is 9.75. The molecule has 0 heterocycles. The summed E-state index contributed by atoms with van der Waals surface area (Å²) in [6, 6.07) is 31.8. The lowest BCUT2D eigenvalue weighted by Crippen LogP contribution is -2.51. The lowest BCUT2D eigenvalue weighted by Gasteiger charge is -2.31. The highest BCUT2D eigenvalue weighted by Gasteiger charge is 2.30. The van der Waals surface area contributed by atoms with Crippen molar-refractivity contribution in [2.75, 3.05) is 20.8 Å². The molecule has 4 aromatic rings. The number of nitrogens with zero attached hydrogens (tertiary/aromatic N) is 1. The first-order valence-corrected chi connectivity index (χ1v) is 13.9. The van der Waals surface area contributed by atoms with E-state index in [1.165, 1.54) is 0 Å². The van der Waals surface area contributed by atoms with Gasteiger partial charge in [0.1, 0.15) is 6.04 Å². The van der Waals surface area contributed by atoms with Crippen LogP contribution < -0.4 is 14.8 Å². The molecule has 2 amide bonds. The molecule has 1 atom stereocenters. The standard InChI is InChI=1S/C34H35ClN2O4/c1-40-31-18-15-27(22-32(31)41-2)19-20-36-34(39)30(21-25-9-5-3-6-10-25)37(24-28-11-7-4-8-12-28)33(38)23-26-13-16-29(35)17-14-26/h3-18,22,30H,19-21,23-24H2,1-2H3,(H,36,39)/t30-/m0/s1. The molecule has 0 saturated heterocycles. The molecule has 0 unspecified atom stereocenters. The summed E-state index contributed by atoms with van der Waals surface area (Å²) in [5.41, 5.74) is 3.77. The van der Waals surface area contributed by atoms with Crippen LogP contribution in [0.15, 0.2) is 103 Å². The van der Waals surface area contributed by atoms with Gasteiger partial charge in [0.25, 0.3) is 0 Å². The van der Waals surface area contributed by atoms with Crippen molar-refractivity contribution in [2.45, 2.75) is 31.8 Å². The maximum Gasteiger partial charge on any atom is 0.243 e. The SMILES string of the molecule is COc1ccc(CCNC(=O)[C@H](Cc2ccccc2)N(Cc2ccccc2)C(=O)Cc2ccc(Cl)cc2)cc1OC. The van der Waals surface area contributed by atoms with Gasteiger partial charge in [0.05, 0.1) is 20.6 Å². The van der Waals surface area contributed by atoms with Crippen molar-refractivity contribution in [3.05, 3.63) is 130 Å². The summed E-state index contributed by atoms with van der Waals surface area (Å²) in [6.45, 7) is 0.720. The number of carbonyl (C=O) groups is 2. The fraction of sp³-hybridized carbons (Fsp3) is 0.235. The zero-order valence-electron chi connectivity index (χ0n) is 23.4. The Labute approximate surface area is 246 Å². The third kappa shape index (κ3) is 8.60. The van der Waals surface area contributed by atoms with E-state index in [-0.39, 0.29) is 18.2 Å². The topological polar surface area (TPSA) is 67.9 Å². The molecule has 0 fully saturated rings. The minimum atomic E-state index is -0.706. The third-order valence-corrected chi connectivity index (χ3v) is 7.15. The first kappa shape index (κ1) is 29.7. The Morgan fingerprint density at radius 1 is 0.756 bits per heavy atom. The normalized spacial score (nSPS) is 11.4. The average molecular weight is 571 g/mol. The van der Waals surface area contributed by atoms with Gasteiger partial charge < -0.3 is 19.7 Å². The fourth-order valence-electron chi connectivity index (χ4n) is 4.70. The number of hydrogen-bond acceptors (Lipinski definition) is 4. The number of carbonyl (C=O) groups excluding carboxylic acids is 2. The smallest absolute Gasteiger partial charge is 0.243 e. The van der Waals surface area contributed by atoms with Crippen molar-refractivity contribution in [2.24, 2.45) is 0 Å². The molecule has 212 valence electrons. The van der Waals surface area contributed by atoms with Gasteiger partial charge in [-0.05, 0) is 52.9 Å². The molecule has 4 aromatic carbocycles. The van der Waals surface area contributed by atoms with Crippen LogP contribution in [-0.2, 0) is 35.4 Å². The largest absolute Gasteiger partial charge is 0.493 e. The number of nitrogens with one attached hydrogen (secondary N) is 1. The Balaban J connectivity index is 1.57.